The SMILES string of the molecule is Cc1ccc(C)c(S(=O)(=O)CCN2CCN(c3ccccn3)CC2)c1. The van der Waals surface area contributed by atoms with Gasteiger partial charge in [0.15, 0.2) is 9.84 Å². The molecular weight excluding hydrogens is 334 g/mol. The molecule has 1 aromatic carbocycles. The zero-order valence-corrected chi connectivity index (χ0v) is 15.7. The highest BCUT2D eigenvalue weighted by molar-refractivity contribution is 7.91. The van der Waals surface area contributed by atoms with Gasteiger partial charge in [0.05, 0.1) is 10.6 Å². The lowest BCUT2D eigenvalue weighted by Crippen LogP contribution is -2.47. The van der Waals surface area contributed by atoms with E-state index in [1.807, 2.05) is 44.2 Å². The fourth-order valence-corrected chi connectivity index (χ4v) is 4.79. The first-order valence-corrected chi connectivity index (χ1v) is 10.3. The van der Waals surface area contributed by atoms with Crippen LogP contribution in [0.1, 0.15) is 11.1 Å². The topological polar surface area (TPSA) is 53.5 Å². The van der Waals surface area contributed by atoms with Gasteiger partial charge in [0.1, 0.15) is 5.82 Å². The maximum Gasteiger partial charge on any atom is 0.179 e. The van der Waals surface area contributed by atoms with Crippen LogP contribution in [0.4, 0.5) is 5.82 Å². The second kappa shape index (κ2) is 7.54. The Labute approximate surface area is 150 Å². The number of sulfone groups is 1. The van der Waals surface area contributed by atoms with Gasteiger partial charge in [-0.2, -0.15) is 0 Å². The largest absolute Gasteiger partial charge is 0.354 e. The Bertz CT molecular complexity index is 814. The van der Waals surface area contributed by atoms with Crippen LogP contribution in [0.5, 0.6) is 0 Å². The number of rotatable bonds is 5. The van der Waals surface area contributed by atoms with Crippen molar-refractivity contribution < 1.29 is 8.42 Å². The minimum absolute atomic E-state index is 0.168. The molecule has 134 valence electrons. The Kier molecular flexibility index (Phi) is 5.39. The van der Waals surface area contributed by atoms with Gasteiger partial charge in [0.2, 0.25) is 0 Å². The lowest BCUT2D eigenvalue weighted by Gasteiger charge is -2.35. The van der Waals surface area contributed by atoms with E-state index in [9.17, 15) is 8.42 Å². The number of aryl methyl sites for hydroxylation is 2. The first-order chi connectivity index (χ1) is 12.0. The van der Waals surface area contributed by atoms with Gasteiger partial charge in [-0.05, 0) is 43.2 Å². The molecule has 1 fully saturated rings. The standard InChI is InChI=1S/C19H25N3O2S/c1-16-6-7-17(2)18(15-16)25(23,24)14-13-21-9-11-22(12-10-21)19-5-3-4-8-20-19/h3-8,15H,9-14H2,1-2H3. The molecule has 0 atom stereocenters. The molecule has 0 bridgehead atoms. The van der Waals surface area contributed by atoms with Crippen molar-refractivity contribution >= 4 is 15.7 Å². The number of aromatic nitrogens is 1. The summed E-state index contributed by atoms with van der Waals surface area (Å²) in [6.45, 7) is 7.83. The van der Waals surface area contributed by atoms with E-state index in [-0.39, 0.29) is 5.75 Å². The Morgan fingerprint density at radius 2 is 1.80 bits per heavy atom. The Morgan fingerprint density at radius 3 is 2.48 bits per heavy atom. The van der Waals surface area contributed by atoms with Crippen LogP contribution >= 0.6 is 0 Å². The number of pyridine rings is 1. The van der Waals surface area contributed by atoms with Crippen LogP contribution < -0.4 is 4.90 Å². The molecular formula is C19H25N3O2S. The molecule has 1 aliphatic rings. The highest BCUT2D eigenvalue weighted by Crippen LogP contribution is 2.19. The van der Waals surface area contributed by atoms with Crippen LogP contribution in [0.25, 0.3) is 0 Å². The summed E-state index contributed by atoms with van der Waals surface area (Å²) in [6, 6.07) is 11.5. The lowest BCUT2D eigenvalue weighted by atomic mass is 10.2. The summed E-state index contributed by atoms with van der Waals surface area (Å²) in [6.07, 6.45) is 1.80. The third kappa shape index (κ3) is 4.38. The van der Waals surface area contributed by atoms with Crippen molar-refractivity contribution in [3.63, 3.8) is 0 Å². The minimum Gasteiger partial charge on any atom is -0.354 e. The van der Waals surface area contributed by atoms with Crippen LogP contribution in [0.2, 0.25) is 0 Å². The number of anilines is 1. The number of nitrogens with zero attached hydrogens (tertiary/aromatic N) is 3. The fraction of sp³-hybridized carbons (Fsp3) is 0.421. The van der Waals surface area contributed by atoms with Crippen molar-refractivity contribution in [2.45, 2.75) is 18.7 Å². The molecule has 1 saturated heterocycles. The molecule has 6 heteroatoms. The lowest BCUT2D eigenvalue weighted by molar-refractivity contribution is 0.271. The summed E-state index contributed by atoms with van der Waals surface area (Å²) in [5, 5.41) is 0. The number of benzene rings is 1. The number of hydrogen-bond donors (Lipinski definition) is 0. The minimum atomic E-state index is -3.25. The van der Waals surface area contributed by atoms with Crippen molar-refractivity contribution in [3.05, 3.63) is 53.7 Å². The van der Waals surface area contributed by atoms with Crippen LogP contribution in [-0.4, -0.2) is 56.8 Å². The summed E-state index contributed by atoms with van der Waals surface area (Å²) in [4.78, 5) is 9.32. The molecule has 0 N–H and O–H groups in total. The van der Waals surface area contributed by atoms with E-state index in [2.05, 4.69) is 14.8 Å². The summed E-state index contributed by atoms with van der Waals surface area (Å²) in [5.41, 5.74) is 1.80. The average Bonchev–Trinajstić information content (AvgIpc) is 2.63. The Hall–Kier alpha value is -1.92. The van der Waals surface area contributed by atoms with Crippen LogP contribution in [0, 0.1) is 13.8 Å². The molecule has 0 radical (unpaired) electrons. The molecule has 5 nitrogen and oxygen atoms in total. The Morgan fingerprint density at radius 1 is 1.04 bits per heavy atom. The van der Waals surface area contributed by atoms with Crippen LogP contribution in [0.15, 0.2) is 47.5 Å². The van der Waals surface area contributed by atoms with Crippen LogP contribution in [0.3, 0.4) is 0 Å². The van der Waals surface area contributed by atoms with Gasteiger partial charge in [-0.3, -0.25) is 4.90 Å². The maximum atomic E-state index is 12.7. The van der Waals surface area contributed by atoms with E-state index in [0.717, 1.165) is 43.1 Å². The van der Waals surface area contributed by atoms with E-state index in [0.29, 0.717) is 11.4 Å². The van der Waals surface area contributed by atoms with Gasteiger partial charge >= 0.3 is 0 Å². The molecule has 3 rings (SSSR count). The van der Waals surface area contributed by atoms with E-state index >= 15 is 0 Å². The third-order valence-corrected chi connectivity index (χ3v) is 6.53. The molecule has 0 unspecified atom stereocenters. The number of piperazine rings is 1. The monoisotopic (exact) mass is 359 g/mol. The van der Waals surface area contributed by atoms with E-state index in [1.54, 1.807) is 12.3 Å². The highest BCUT2D eigenvalue weighted by Gasteiger charge is 2.22. The van der Waals surface area contributed by atoms with Crippen molar-refractivity contribution in [1.29, 1.82) is 0 Å². The van der Waals surface area contributed by atoms with Gasteiger partial charge in [-0.15, -0.1) is 0 Å². The molecule has 0 saturated carbocycles. The molecule has 0 spiro atoms. The second-order valence-corrected chi connectivity index (χ2v) is 8.68. The van der Waals surface area contributed by atoms with Crippen LogP contribution in [-0.2, 0) is 9.84 Å². The van der Waals surface area contributed by atoms with Gasteiger partial charge in [0, 0.05) is 38.9 Å². The van der Waals surface area contributed by atoms with Crippen molar-refractivity contribution in [1.82, 2.24) is 9.88 Å². The average molecular weight is 359 g/mol. The summed E-state index contributed by atoms with van der Waals surface area (Å²) in [7, 11) is -3.25. The number of hydrogen-bond acceptors (Lipinski definition) is 5. The van der Waals surface area contributed by atoms with Gasteiger partial charge in [-0.1, -0.05) is 18.2 Å². The first kappa shape index (κ1) is 17.9. The van der Waals surface area contributed by atoms with E-state index in [4.69, 9.17) is 0 Å². The molecule has 1 aromatic heterocycles. The van der Waals surface area contributed by atoms with E-state index in [1.165, 1.54) is 0 Å². The zero-order chi connectivity index (χ0) is 17.9. The van der Waals surface area contributed by atoms with Crippen molar-refractivity contribution in [2.75, 3.05) is 43.4 Å². The zero-order valence-electron chi connectivity index (χ0n) is 14.9. The summed E-state index contributed by atoms with van der Waals surface area (Å²) >= 11 is 0. The fourth-order valence-electron chi connectivity index (χ4n) is 3.14. The highest BCUT2D eigenvalue weighted by atomic mass is 32.2. The molecule has 2 heterocycles. The third-order valence-electron chi connectivity index (χ3n) is 4.70. The summed E-state index contributed by atoms with van der Waals surface area (Å²) in [5.74, 6) is 1.16. The van der Waals surface area contributed by atoms with E-state index < -0.39 is 9.84 Å². The molecule has 1 aliphatic heterocycles. The Balaban J connectivity index is 1.57. The molecule has 0 aliphatic carbocycles. The predicted molar refractivity (Wildman–Crippen MR) is 101 cm³/mol. The normalized spacial score (nSPS) is 16.2. The molecule has 0 amide bonds. The molecule has 2 aromatic rings. The first-order valence-electron chi connectivity index (χ1n) is 8.64. The van der Waals surface area contributed by atoms with Gasteiger partial charge in [-0.25, -0.2) is 13.4 Å². The molecule has 25 heavy (non-hydrogen) atoms. The van der Waals surface area contributed by atoms with Crippen molar-refractivity contribution in [3.8, 4) is 0 Å². The second-order valence-electron chi connectivity index (χ2n) is 6.60. The van der Waals surface area contributed by atoms with Gasteiger partial charge < -0.3 is 4.90 Å². The van der Waals surface area contributed by atoms with Gasteiger partial charge in [0.25, 0.3) is 0 Å². The quantitative estimate of drug-likeness (QED) is 0.820. The van der Waals surface area contributed by atoms with Crippen molar-refractivity contribution in [2.24, 2.45) is 0 Å². The predicted octanol–water partition coefficient (Wildman–Crippen LogP) is 2.29. The summed E-state index contributed by atoms with van der Waals surface area (Å²) < 4.78 is 25.4. The smallest absolute Gasteiger partial charge is 0.179 e. The maximum absolute atomic E-state index is 12.7.